The Hall–Kier alpha value is -2.61. The van der Waals surface area contributed by atoms with Crippen LogP contribution in [0, 0.1) is 17.8 Å². The number of hydrogen-bond acceptors (Lipinski definition) is 3. The molecule has 5 rings (SSSR count). The predicted octanol–water partition coefficient (Wildman–Crippen LogP) is 3.10. The Bertz CT molecular complexity index is 866. The van der Waals surface area contributed by atoms with E-state index in [1.807, 2.05) is 43.3 Å². The van der Waals surface area contributed by atoms with Gasteiger partial charge in [-0.25, -0.2) is 4.79 Å². The van der Waals surface area contributed by atoms with Crippen molar-refractivity contribution < 1.29 is 19.1 Å². The fourth-order valence-electron chi connectivity index (χ4n) is 4.81. The second-order valence-corrected chi connectivity index (χ2v) is 8.28. The molecule has 0 aliphatic carbocycles. The molecule has 3 heterocycles. The molecular formula is C25H28NO3+. The van der Waals surface area contributed by atoms with E-state index in [0.29, 0.717) is 17.0 Å². The van der Waals surface area contributed by atoms with Crippen molar-refractivity contribution in [2.24, 2.45) is 5.92 Å². The van der Waals surface area contributed by atoms with Gasteiger partial charge in [-0.15, -0.1) is 5.92 Å². The minimum atomic E-state index is -1.82. The third-order valence-electron chi connectivity index (χ3n) is 6.57. The Morgan fingerprint density at radius 1 is 1.07 bits per heavy atom. The van der Waals surface area contributed by atoms with E-state index in [0.717, 1.165) is 43.5 Å². The highest BCUT2D eigenvalue weighted by molar-refractivity contribution is 5.85. The lowest BCUT2D eigenvalue weighted by atomic mass is 9.82. The van der Waals surface area contributed by atoms with Gasteiger partial charge in [0, 0.05) is 18.8 Å². The van der Waals surface area contributed by atoms with E-state index >= 15 is 0 Å². The number of ether oxygens (including phenoxy) is 1. The minimum absolute atomic E-state index is 0.178. The summed E-state index contributed by atoms with van der Waals surface area (Å²) in [7, 11) is 0. The normalized spacial score (nSPS) is 25.7. The van der Waals surface area contributed by atoms with Crippen molar-refractivity contribution in [3.8, 4) is 11.8 Å². The summed E-state index contributed by atoms with van der Waals surface area (Å²) in [5.74, 6) is 6.00. The summed E-state index contributed by atoms with van der Waals surface area (Å²) in [6.07, 6.45) is 1.90. The van der Waals surface area contributed by atoms with Crippen molar-refractivity contribution in [1.82, 2.24) is 0 Å². The Balaban J connectivity index is 1.62. The Morgan fingerprint density at radius 3 is 2.14 bits per heavy atom. The molecule has 0 unspecified atom stereocenters. The van der Waals surface area contributed by atoms with E-state index in [2.05, 4.69) is 11.8 Å². The van der Waals surface area contributed by atoms with Gasteiger partial charge >= 0.3 is 5.97 Å². The molecule has 3 aliphatic rings. The maximum Gasteiger partial charge on any atom is 0.348 e. The van der Waals surface area contributed by atoms with Crippen molar-refractivity contribution in [2.45, 2.75) is 31.5 Å². The van der Waals surface area contributed by atoms with Crippen molar-refractivity contribution in [3.63, 3.8) is 0 Å². The molecule has 2 aromatic rings. The lowest BCUT2D eigenvalue weighted by Gasteiger charge is -2.51. The molecule has 3 saturated heterocycles. The number of esters is 1. The van der Waals surface area contributed by atoms with E-state index in [-0.39, 0.29) is 6.10 Å². The van der Waals surface area contributed by atoms with Gasteiger partial charge in [0.2, 0.25) is 5.60 Å². The molecule has 3 aliphatic heterocycles. The molecule has 3 fully saturated rings. The van der Waals surface area contributed by atoms with Gasteiger partial charge in [-0.2, -0.15) is 0 Å². The van der Waals surface area contributed by atoms with Gasteiger partial charge in [-0.1, -0.05) is 60.7 Å². The van der Waals surface area contributed by atoms with E-state index in [4.69, 9.17) is 4.74 Å². The lowest BCUT2D eigenvalue weighted by molar-refractivity contribution is -0.939. The summed E-state index contributed by atoms with van der Waals surface area (Å²) >= 11 is 0. The second kappa shape index (κ2) is 8.02. The molecule has 0 saturated carbocycles. The van der Waals surface area contributed by atoms with Gasteiger partial charge in [-0.05, 0) is 24.0 Å². The topological polar surface area (TPSA) is 46.5 Å². The maximum atomic E-state index is 13.4. The molecule has 0 aromatic heterocycles. The van der Waals surface area contributed by atoms with Gasteiger partial charge in [-0.3, -0.25) is 0 Å². The zero-order valence-corrected chi connectivity index (χ0v) is 16.9. The largest absolute Gasteiger partial charge is 0.453 e. The summed E-state index contributed by atoms with van der Waals surface area (Å²) in [5.41, 5.74) is -0.765. The number of nitrogens with zero attached hydrogens (tertiary/aromatic N) is 1. The van der Waals surface area contributed by atoms with Crippen molar-refractivity contribution in [2.75, 3.05) is 26.2 Å². The molecular weight excluding hydrogens is 362 g/mol. The first-order valence-corrected chi connectivity index (χ1v) is 10.4. The van der Waals surface area contributed by atoms with Gasteiger partial charge in [0.05, 0.1) is 13.1 Å². The van der Waals surface area contributed by atoms with Crippen molar-refractivity contribution in [1.29, 1.82) is 0 Å². The van der Waals surface area contributed by atoms with Crippen LogP contribution in [0.2, 0.25) is 0 Å². The number of aliphatic hydroxyl groups is 1. The van der Waals surface area contributed by atoms with E-state index in [1.165, 1.54) is 0 Å². The first-order valence-electron chi connectivity index (χ1n) is 10.4. The Labute approximate surface area is 172 Å². The highest BCUT2D eigenvalue weighted by atomic mass is 16.6. The van der Waals surface area contributed by atoms with Crippen LogP contribution in [0.15, 0.2) is 60.7 Å². The van der Waals surface area contributed by atoms with Crippen LogP contribution in [-0.4, -0.2) is 47.8 Å². The number of piperidine rings is 3. The molecule has 1 atom stereocenters. The third kappa shape index (κ3) is 3.69. The molecule has 150 valence electrons. The molecule has 29 heavy (non-hydrogen) atoms. The number of quaternary nitrogens is 1. The molecule has 0 amide bonds. The highest BCUT2D eigenvalue weighted by Crippen LogP contribution is 2.38. The zero-order chi connectivity index (χ0) is 20.3. The molecule has 2 aromatic carbocycles. The fraction of sp³-hybridized carbons (Fsp3) is 0.400. The number of carbonyl (C=O) groups excluding carboxylic acids is 1. The minimum Gasteiger partial charge on any atom is -0.453 e. The van der Waals surface area contributed by atoms with Gasteiger partial charge in [0.25, 0.3) is 0 Å². The number of benzene rings is 2. The standard InChI is InChI=1S/C25H28NO3/c1-2-3-16-26-17-14-20(15-18-26)23(19-26)29-24(27)25(28,21-10-6-4-7-11-21)22-12-8-5-9-13-22/h4-13,20,23,28H,14-19H2,1H3/q+1/t20?,23-,26?/m0/s1. The van der Waals surface area contributed by atoms with E-state index in [1.54, 1.807) is 24.3 Å². The Morgan fingerprint density at radius 2 is 1.62 bits per heavy atom. The van der Waals surface area contributed by atoms with Gasteiger partial charge < -0.3 is 14.3 Å². The van der Waals surface area contributed by atoms with Gasteiger partial charge in [0.1, 0.15) is 13.1 Å². The SMILES string of the molecule is CC#CC[N+]12CCC(CC1)[C@@H](OC(=O)C(O)(c1ccccc1)c1ccccc1)C2. The van der Waals surface area contributed by atoms with Crippen LogP contribution >= 0.6 is 0 Å². The highest BCUT2D eigenvalue weighted by Gasteiger charge is 2.50. The monoisotopic (exact) mass is 390 g/mol. The fourth-order valence-corrected chi connectivity index (χ4v) is 4.81. The van der Waals surface area contributed by atoms with Crippen LogP contribution in [0.25, 0.3) is 0 Å². The summed E-state index contributed by atoms with van der Waals surface area (Å²) < 4.78 is 6.94. The molecule has 2 bridgehead atoms. The van der Waals surface area contributed by atoms with Crippen molar-refractivity contribution in [3.05, 3.63) is 71.8 Å². The maximum absolute atomic E-state index is 13.4. The molecule has 0 spiro atoms. The quantitative estimate of drug-likeness (QED) is 0.485. The summed E-state index contributed by atoms with van der Waals surface area (Å²) in [4.78, 5) is 13.4. The smallest absolute Gasteiger partial charge is 0.348 e. The molecule has 1 N–H and O–H groups in total. The second-order valence-electron chi connectivity index (χ2n) is 8.28. The number of rotatable bonds is 5. The first kappa shape index (κ1) is 19.7. The summed E-state index contributed by atoms with van der Waals surface area (Å²) in [6.45, 7) is 5.64. The Kier molecular flexibility index (Phi) is 5.45. The molecule has 4 heteroatoms. The number of hydrogen-bond donors (Lipinski definition) is 1. The number of fused-ring (bicyclic) bond motifs is 3. The van der Waals surface area contributed by atoms with Crippen LogP contribution in [0.4, 0.5) is 0 Å². The van der Waals surface area contributed by atoms with Crippen LogP contribution in [-0.2, 0) is 15.1 Å². The van der Waals surface area contributed by atoms with E-state index in [9.17, 15) is 9.90 Å². The lowest BCUT2D eigenvalue weighted by Crippen LogP contribution is -2.65. The average molecular weight is 391 g/mol. The summed E-state index contributed by atoms with van der Waals surface area (Å²) in [5, 5.41) is 11.6. The average Bonchev–Trinajstić information content (AvgIpc) is 2.79. The van der Waals surface area contributed by atoms with Crippen LogP contribution in [0.3, 0.4) is 0 Å². The molecule has 4 nitrogen and oxygen atoms in total. The van der Waals surface area contributed by atoms with E-state index < -0.39 is 11.6 Å². The van der Waals surface area contributed by atoms with Crippen molar-refractivity contribution >= 4 is 5.97 Å². The molecule has 0 radical (unpaired) electrons. The first-order chi connectivity index (χ1) is 14.1. The summed E-state index contributed by atoms with van der Waals surface area (Å²) in [6, 6.07) is 18.1. The van der Waals surface area contributed by atoms with Crippen LogP contribution in [0.1, 0.15) is 30.9 Å². The van der Waals surface area contributed by atoms with Crippen LogP contribution < -0.4 is 0 Å². The number of carbonyl (C=O) groups is 1. The zero-order valence-electron chi connectivity index (χ0n) is 16.9. The third-order valence-corrected chi connectivity index (χ3v) is 6.57. The van der Waals surface area contributed by atoms with Crippen LogP contribution in [0.5, 0.6) is 0 Å². The predicted molar refractivity (Wildman–Crippen MR) is 112 cm³/mol. The van der Waals surface area contributed by atoms with Gasteiger partial charge in [0.15, 0.2) is 6.10 Å².